The lowest BCUT2D eigenvalue weighted by Crippen LogP contribution is -2.36. The topological polar surface area (TPSA) is 43.2 Å². The van der Waals surface area contributed by atoms with Crippen LogP contribution in [0.25, 0.3) is 71.5 Å². The number of hydrogen-bond acceptors (Lipinski definition) is 3. The van der Waals surface area contributed by atoms with Crippen molar-refractivity contribution in [2.24, 2.45) is 0 Å². The molecule has 0 bridgehead atoms. The number of rotatable bonds is 3. The molecule has 0 atom stereocenters. The number of hydrogen-bond donors (Lipinski definition) is 1. The third-order valence-electron chi connectivity index (χ3n) is 11.9. The van der Waals surface area contributed by atoms with Crippen LogP contribution < -0.4 is 16.4 Å². The molecule has 9 aromatic rings. The second-order valence-corrected chi connectivity index (χ2v) is 18.8. The summed E-state index contributed by atoms with van der Waals surface area (Å²) in [5, 5.41) is 9.66. The molecule has 0 saturated heterocycles. The van der Waals surface area contributed by atoms with Gasteiger partial charge in [0.1, 0.15) is 16.7 Å². The molecule has 272 valence electrons. The van der Waals surface area contributed by atoms with Gasteiger partial charge in [-0.05, 0) is 98.6 Å². The van der Waals surface area contributed by atoms with Gasteiger partial charge in [0.15, 0.2) is 0 Å². The largest absolute Gasteiger partial charge is 0.469 e. The summed E-state index contributed by atoms with van der Waals surface area (Å²) in [5.74, 6) is 0. The van der Waals surface area contributed by atoms with E-state index in [2.05, 4.69) is 175 Å². The van der Waals surface area contributed by atoms with Crippen molar-refractivity contribution >= 4 is 84.5 Å². The van der Waals surface area contributed by atoms with Gasteiger partial charge in [-0.15, -0.1) is 0 Å². The van der Waals surface area contributed by atoms with Crippen LogP contribution in [0.5, 0.6) is 0 Å². The Morgan fingerprint density at radius 2 is 1.18 bits per heavy atom. The molecule has 0 aliphatic carbocycles. The molecule has 0 spiro atoms. The lowest BCUT2D eigenvalue weighted by molar-refractivity contribution is 0.590. The number of aromatic nitrogens is 1. The predicted octanol–water partition coefficient (Wildman–Crippen LogP) is 12.4. The van der Waals surface area contributed by atoms with Crippen molar-refractivity contribution in [2.45, 2.75) is 78.6 Å². The van der Waals surface area contributed by atoms with E-state index in [4.69, 9.17) is 8.83 Å². The van der Waals surface area contributed by atoms with Gasteiger partial charge in [0.05, 0.1) is 16.9 Å². The van der Waals surface area contributed by atoms with Gasteiger partial charge in [0, 0.05) is 49.4 Å². The molecule has 3 aromatic heterocycles. The van der Waals surface area contributed by atoms with E-state index in [1.54, 1.807) is 0 Å². The van der Waals surface area contributed by atoms with Crippen LogP contribution in [0, 0.1) is 0 Å². The van der Waals surface area contributed by atoms with Crippen molar-refractivity contribution in [2.75, 3.05) is 5.32 Å². The minimum atomic E-state index is -0.0224. The summed E-state index contributed by atoms with van der Waals surface area (Å²) in [5.41, 5.74) is 17.1. The molecular weight excluding hydrogens is 671 g/mol. The van der Waals surface area contributed by atoms with Gasteiger partial charge in [-0.25, -0.2) is 0 Å². The SMILES string of the molecule is CC(C)(C)c1ccc(Nc2ccc(C(C)(C)C)cc2-c2ccc3c4cc5oc6ccccc6c5cc4n4c3c2Bc2oc3ccc(C(C)(C)C)cc3c2-4)cc1. The van der Waals surface area contributed by atoms with Gasteiger partial charge in [-0.2, -0.15) is 0 Å². The molecule has 0 unspecified atom stereocenters. The van der Waals surface area contributed by atoms with Gasteiger partial charge in [-0.3, -0.25) is 0 Å². The Hall–Kier alpha value is -5.68. The van der Waals surface area contributed by atoms with Crippen molar-refractivity contribution in [3.8, 4) is 16.8 Å². The maximum atomic E-state index is 6.89. The van der Waals surface area contributed by atoms with Crippen LogP contribution in [0.2, 0.25) is 0 Å². The summed E-state index contributed by atoms with van der Waals surface area (Å²) >= 11 is 0. The molecule has 1 N–H and O–H groups in total. The quantitative estimate of drug-likeness (QED) is 0.185. The monoisotopic (exact) mass is 718 g/mol. The molecule has 1 aliphatic heterocycles. The number of anilines is 2. The number of fused-ring (bicyclic) bond motifs is 10. The number of furan rings is 2. The predicted molar refractivity (Wildman–Crippen MR) is 236 cm³/mol. The van der Waals surface area contributed by atoms with Crippen LogP contribution in [0.1, 0.15) is 79.0 Å². The third kappa shape index (κ3) is 5.27. The van der Waals surface area contributed by atoms with Gasteiger partial charge < -0.3 is 18.7 Å². The van der Waals surface area contributed by atoms with E-state index in [1.165, 1.54) is 49.6 Å². The first-order valence-corrected chi connectivity index (χ1v) is 19.6. The van der Waals surface area contributed by atoms with Crippen molar-refractivity contribution in [1.82, 2.24) is 4.57 Å². The lowest BCUT2D eigenvalue weighted by Gasteiger charge is -2.25. The lowest BCUT2D eigenvalue weighted by atomic mass is 9.62. The zero-order chi connectivity index (χ0) is 38.2. The summed E-state index contributed by atoms with van der Waals surface area (Å²) in [6, 6.07) is 40.2. The van der Waals surface area contributed by atoms with Crippen LogP contribution in [-0.4, -0.2) is 11.8 Å². The fraction of sp³-hybridized carbons (Fsp3) is 0.240. The van der Waals surface area contributed by atoms with Crippen LogP contribution in [0.3, 0.4) is 0 Å². The van der Waals surface area contributed by atoms with E-state index in [0.717, 1.165) is 61.1 Å². The fourth-order valence-electron chi connectivity index (χ4n) is 8.73. The Morgan fingerprint density at radius 1 is 0.509 bits per heavy atom. The molecule has 10 rings (SSSR count). The third-order valence-corrected chi connectivity index (χ3v) is 11.9. The molecule has 0 amide bonds. The normalized spacial score (nSPS) is 13.3. The summed E-state index contributed by atoms with van der Waals surface area (Å²) in [4.78, 5) is 0. The van der Waals surface area contributed by atoms with E-state index < -0.39 is 0 Å². The summed E-state index contributed by atoms with van der Waals surface area (Å²) in [6.45, 7) is 20.5. The van der Waals surface area contributed by atoms with Crippen LogP contribution >= 0.6 is 0 Å². The average Bonchev–Trinajstić information content (AvgIpc) is 3.79. The number of benzene rings is 6. The second-order valence-electron chi connectivity index (χ2n) is 18.8. The molecule has 4 heterocycles. The molecule has 5 heteroatoms. The van der Waals surface area contributed by atoms with Gasteiger partial charge >= 0.3 is 0 Å². The first kappa shape index (κ1) is 33.9. The Labute approximate surface area is 323 Å². The van der Waals surface area contributed by atoms with E-state index in [0.29, 0.717) is 7.28 Å². The van der Waals surface area contributed by atoms with Crippen LogP contribution in [0.4, 0.5) is 11.4 Å². The zero-order valence-corrected chi connectivity index (χ0v) is 33.4. The minimum Gasteiger partial charge on any atom is -0.469 e. The minimum absolute atomic E-state index is 0.00255. The van der Waals surface area contributed by atoms with E-state index >= 15 is 0 Å². The van der Waals surface area contributed by atoms with Crippen molar-refractivity contribution < 1.29 is 8.83 Å². The molecular formula is C50H47BN2O2. The highest BCUT2D eigenvalue weighted by Gasteiger charge is 2.32. The highest BCUT2D eigenvalue weighted by atomic mass is 16.3. The van der Waals surface area contributed by atoms with Crippen LogP contribution in [-0.2, 0) is 16.2 Å². The maximum Gasteiger partial charge on any atom is 0.244 e. The van der Waals surface area contributed by atoms with E-state index in [1.807, 2.05) is 6.07 Å². The van der Waals surface area contributed by atoms with Gasteiger partial charge in [0.2, 0.25) is 7.28 Å². The molecule has 0 fully saturated rings. The standard InChI is InChI=1S/C50H47BN2O2/c1-48(2,3)28-14-18-31(19-15-28)52-39-22-16-29(49(4,5)6)24-35(39)33-20-21-34-36-27-43-37(32-12-10-11-13-41(32)54-43)26-40(36)53-45(34)44(33)51-47-46(53)38-25-30(50(7,8)9)17-23-42(38)55-47/h10-27,51-52H,1-9H3. The average molecular weight is 719 g/mol. The highest BCUT2D eigenvalue weighted by molar-refractivity contribution is 6.73. The molecule has 1 aliphatic rings. The van der Waals surface area contributed by atoms with Crippen LogP contribution in [0.15, 0.2) is 118 Å². The van der Waals surface area contributed by atoms with Crippen molar-refractivity contribution in [3.63, 3.8) is 0 Å². The summed E-state index contributed by atoms with van der Waals surface area (Å²) in [7, 11) is 0.691. The fourth-order valence-corrected chi connectivity index (χ4v) is 8.73. The van der Waals surface area contributed by atoms with Crippen molar-refractivity contribution in [1.29, 1.82) is 0 Å². The first-order valence-electron chi connectivity index (χ1n) is 19.6. The molecule has 6 aromatic carbocycles. The van der Waals surface area contributed by atoms with E-state index in [9.17, 15) is 0 Å². The Balaban J connectivity index is 1.27. The van der Waals surface area contributed by atoms with Crippen molar-refractivity contribution in [3.05, 3.63) is 126 Å². The number of nitrogens with one attached hydrogen (secondary N) is 1. The molecule has 0 radical (unpaired) electrons. The van der Waals surface area contributed by atoms with E-state index in [-0.39, 0.29) is 16.2 Å². The Bertz CT molecular complexity index is 3020. The molecule has 55 heavy (non-hydrogen) atoms. The summed E-state index contributed by atoms with van der Waals surface area (Å²) in [6.07, 6.45) is 0. The maximum absolute atomic E-state index is 6.89. The zero-order valence-electron chi connectivity index (χ0n) is 33.4. The second kappa shape index (κ2) is 11.4. The molecule has 4 nitrogen and oxygen atoms in total. The summed E-state index contributed by atoms with van der Waals surface area (Å²) < 4.78 is 15.9. The van der Waals surface area contributed by atoms with Gasteiger partial charge in [0.25, 0.3) is 0 Å². The van der Waals surface area contributed by atoms with Gasteiger partial charge in [-0.1, -0.05) is 117 Å². The molecule has 0 saturated carbocycles. The highest BCUT2D eigenvalue weighted by Crippen LogP contribution is 2.43. The Morgan fingerprint density at radius 3 is 1.93 bits per heavy atom. The smallest absolute Gasteiger partial charge is 0.244 e. The first-order chi connectivity index (χ1) is 26.1. The number of para-hydroxylation sites is 1. The Kier molecular flexibility index (Phi) is 7.03. The number of nitrogens with zero attached hydrogens (tertiary/aromatic N) is 1.